The summed E-state index contributed by atoms with van der Waals surface area (Å²) in [6.45, 7) is 2.47. The maximum absolute atomic E-state index is 11.3. The minimum atomic E-state index is -3.49. The molecule has 0 unspecified atom stereocenters. The van der Waals surface area contributed by atoms with Crippen LogP contribution in [0.15, 0.2) is 0 Å². The van der Waals surface area contributed by atoms with Gasteiger partial charge in [0.25, 0.3) is 10.1 Å². The fraction of sp³-hybridized carbons (Fsp3) is 0.933. The molecule has 0 saturated carbocycles. The van der Waals surface area contributed by atoms with E-state index in [1.54, 1.807) is 0 Å². The molecule has 0 rings (SSSR count). The van der Waals surface area contributed by atoms with E-state index in [4.69, 9.17) is 4.18 Å². The third kappa shape index (κ3) is 14.0. The van der Waals surface area contributed by atoms with Gasteiger partial charge in [-0.25, -0.2) is 0 Å². The summed E-state index contributed by atoms with van der Waals surface area (Å²) in [4.78, 5) is 10.1. The molecule has 20 heavy (non-hydrogen) atoms. The molecule has 0 radical (unpaired) electrons. The largest absolute Gasteiger partial charge is 0.303 e. The van der Waals surface area contributed by atoms with Crippen molar-refractivity contribution in [1.82, 2.24) is 0 Å². The van der Waals surface area contributed by atoms with E-state index in [1.807, 2.05) is 0 Å². The summed E-state index contributed by atoms with van der Waals surface area (Å²) in [5.74, 6) is -0.200. The van der Waals surface area contributed by atoms with Gasteiger partial charge in [0.2, 0.25) is 0 Å². The van der Waals surface area contributed by atoms with Crippen LogP contribution in [0.1, 0.15) is 77.6 Å². The lowest BCUT2D eigenvalue weighted by atomic mass is 10.1. The number of rotatable bonds is 15. The number of hydrogen-bond acceptors (Lipinski definition) is 4. The lowest BCUT2D eigenvalue weighted by Crippen LogP contribution is -2.11. The third-order valence-electron chi connectivity index (χ3n) is 3.25. The Morgan fingerprint density at radius 1 is 0.850 bits per heavy atom. The van der Waals surface area contributed by atoms with Gasteiger partial charge in [0.05, 0.1) is 12.4 Å². The molecular weight excluding hydrogens is 276 g/mol. The van der Waals surface area contributed by atoms with Gasteiger partial charge in [0.1, 0.15) is 6.29 Å². The van der Waals surface area contributed by atoms with E-state index in [0.717, 1.165) is 19.3 Å². The van der Waals surface area contributed by atoms with E-state index >= 15 is 0 Å². The van der Waals surface area contributed by atoms with Gasteiger partial charge in [0.15, 0.2) is 0 Å². The van der Waals surface area contributed by atoms with Crippen LogP contribution in [0.4, 0.5) is 0 Å². The first-order valence-electron chi connectivity index (χ1n) is 7.93. The van der Waals surface area contributed by atoms with Gasteiger partial charge in [0, 0.05) is 6.42 Å². The molecule has 120 valence electrons. The lowest BCUT2D eigenvalue weighted by Gasteiger charge is -2.04. The number of hydrogen-bond donors (Lipinski definition) is 0. The second kappa shape index (κ2) is 13.6. The van der Waals surface area contributed by atoms with Crippen molar-refractivity contribution in [2.75, 3.05) is 12.4 Å². The highest BCUT2D eigenvalue weighted by atomic mass is 32.2. The van der Waals surface area contributed by atoms with Crippen LogP contribution in [0, 0.1) is 0 Å². The summed E-state index contributed by atoms with van der Waals surface area (Å²) in [6.07, 6.45) is 12.7. The van der Waals surface area contributed by atoms with E-state index < -0.39 is 10.1 Å². The zero-order valence-electron chi connectivity index (χ0n) is 12.8. The summed E-state index contributed by atoms with van der Waals surface area (Å²) in [7, 11) is -3.49. The first-order chi connectivity index (χ1) is 9.62. The zero-order chi connectivity index (χ0) is 15.1. The standard InChI is InChI=1S/C15H30O4S/c1-2-3-4-5-6-7-8-9-10-11-14-19-20(17,18)15-12-13-16/h13H,2-12,14-15H2,1H3. The molecule has 4 nitrogen and oxygen atoms in total. The Bertz CT molecular complexity index is 312. The lowest BCUT2D eigenvalue weighted by molar-refractivity contribution is -0.107. The van der Waals surface area contributed by atoms with Crippen molar-refractivity contribution in [3.63, 3.8) is 0 Å². The van der Waals surface area contributed by atoms with Crippen LogP contribution in [-0.2, 0) is 19.1 Å². The smallest absolute Gasteiger partial charge is 0.267 e. The van der Waals surface area contributed by atoms with Gasteiger partial charge in [-0.15, -0.1) is 0 Å². The molecule has 0 amide bonds. The van der Waals surface area contributed by atoms with Crippen LogP contribution in [0.3, 0.4) is 0 Å². The van der Waals surface area contributed by atoms with E-state index in [2.05, 4.69) is 6.92 Å². The highest BCUT2D eigenvalue weighted by Gasteiger charge is 2.09. The van der Waals surface area contributed by atoms with Gasteiger partial charge in [-0.1, -0.05) is 64.7 Å². The molecule has 0 fully saturated rings. The van der Waals surface area contributed by atoms with Crippen molar-refractivity contribution in [3.8, 4) is 0 Å². The number of carbonyl (C=O) groups excluding carboxylic acids is 1. The van der Waals surface area contributed by atoms with Gasteiger partial charge >= 0.3 is 0 Å². The molecule has 0 heterocycles. The maximum atomic E-state index is 11.3. The molecule has 0 aromatic heterocycles. The molecule has 0 bridgehead atoms. The third-order valence-corrected chi connectivity index (χ3v) is 4.51. The molecule has 0 aliphatic heterocycles. The Labute approximate surface area is 124 Å². The Morgan fingerprint density at radius 3 is 1.85 bits per heavy atom. The van der Waals surface area contributed by atoms with E-state index in [9.17, 15) is 13.2 Å². The van der Waals surface area contributed by atoms with Crippen LogP contribution < -0.4 is 0 Å². The van der Waals surface area contributed by atoms with E-state index in [1.165, 1.54) is 44.9 Å². The summed E-state index contributed by atoms with van der Waals surface area (Å²) >= 11 is 0. The highest BCUT2D eigenvalue weighted by Crippen LogP contribution is 2.10. The van der Waals surface area contributed by atoms with Crippen LogP contribution in [0.2, 0.25) is 0 Å². The van der Waals surface area contributed by atoms with Gasteiger partial charge in [-0.2, -0.15) is 8.42 Å². The van der Waals surface area contributed by atoms with Crippen molar-refractivity contribution < 1.29 is 17.4 Å². The van der Waals surface area contributed by atoms with Crippen LogP contribution in [0.5, 0.6) is 0 Å². The first-order valence-corrected chi connectivity index (χ1v) is 9.51. The van der Waals surface area contributed by atoms with Gasteiger partial charge in [-0.3, -0.25) is 4.18 Å². The van der Waals surface area contributed by atoms with Crippen molar-refractivity contribution in [2.24, 2.45) is 0 Å². The molecule has 0 aliphatic rings. The average molecular weight is 306 g/mol. The molecule has 0 N–H and O–H groups in total. The van der Waals surface area contributed by atoms with Crippen LogP contribution in [0.25, 0.3) is 0 Å². The van der Waals surface area contributed by atoms with Gasteiger partial charge < -0.3 is 4.79 Å². The summed E-state index contributed by atoms with van der Waals surface area (Å²) in [5, 5.41) is 0. The Morgan fingerprint density at radius 2 is 1.35 bits per heavy atom. The molecule has 0 saturated heterocycles. The average Bonchev–Trinajstić information content (AvgIpc) is 2.42. The number of unbranched alkanes of at least 4 members (excludes halogenated alkanes) is 9. The van der Waals surface area contributed by atoms with Crippen molar-refractivity contribution in [3.05, 3.63) is 0 Å². The van der Waals surface area contributed by atoms with Crippen LogP contribution >= 0.6 is 0 Å². The van der Waals surface area contributed by atoms with Crippen molar-refractivity contribution in [1.29, 1.82) is 0 Å². The molecule has 0 atom stereocenters. The predicted octanol–water partition coefficient (Wildman–Crippen LogP) is 3.84. The molecule has 0 aromatic rings. The minimum Gasteiger partial charge on any atom is -0.303 e. The summed E-state index contributed by atoms with van der Waals surface area (Å²) in [5.41, 5.74) is 0. The summed E-state index contributed by atoms with van der Waals surface area (Å²) in [6, 6.07) is 0. The quantitative estimate of drug-likeness (QED) is 0.262. The van der Waals surface area contributed by atoms with Crippen LogP contribution in [-0.4, -0.2) is 27.1 Å². The predicted molar refractivity (Wildman–Crippen MR) is 82.3 cm³/mol. The Balaban J connectivity index is 3.26. The fourth-order valence-corrected chi connectivity index (χ4v) is 2.90. The minimum absolute atomic E-state index is 0.0143. The highest BCUT2D eigenvalue weighted by molar-refractivity contribution is 7.86. The second-order valence-corrected chi connectivity index (χ2v) is 6.98. The normalized spacial score (nSPS) is 11.7. The van der Waals surface area contributed by atoms with E-state index in [0.29, 0.717) is 6.29 Å². The Hall–Kier alpha value is -0.420. The number of aldehydes is 1. The Kier molecular flexibility index (Phi) is 13.3. The van der Waals surface area contributed by atoms with Crippen molar-refractivity contribution in [2.45, 2.75) is 77.6 Å². The molecule has 0 aliphatic carbocycles. The molecule has 0 spiro atoms. The molecule has 5 heteroatoms. The zero-order valence-corrected chi connectivity index (χ0v) is 13.6. The fourth-order valence-electron chi connectivity index (χ4n) is 2.03. The SMILES string of the molecule is CCCCCCCCCCCCOS(=O)(=O)CCC=O. The molecule has 0 aromatic carbocycles. The number of carbonyl (C=O) groups is 1. The second-order valence-electron chi connectivity index (χ2n) is 5.22. The van der Waals surface area contributed by atoms with Crippen molar-refractivity contribution >= 4 is 16.4 Å². The monoisotopic (exact) mass is 306 g/mol. The topological polar surface area (TPSA) is 60.4 Å². The first kappa shape index (κ1) is 19.6. The maximum Gasteiger partial charge on any atom is 0.267 e. The summed E-state index contributed by atoms with van der Waals surface area (Å²) < 4.78 is 27.4. The van der Waals surface area contributed by atoms with E-state index in [-0.39, 0.29) is 18.8 Å². The molecular formula is C15H30O4S. The van der Waals surface area contributed by atoms with Gasteiger partial charge in [-0.05, 0) is 6.42 Å².